The Bertz CT molecular complexity index is 1490. The van der Waals surface area contributed by atoms with Crippen LogP contribution in [0.2, 0.25) is 5.02 Å². The fourth-order valence-electron chi connectivity index (χ4n) is 4.52. The van der Waals surface area contributed by atoms with Gasteiger partial charge in [0.15, 0.2) is 0 Å². The van der Waals surface area contributed by atoms with E-state index in [-0.39, 0.29) is 33.7 Å². The molecule has 3 aromatic rings. The van der Waals surface area contributed by atoms with Crippen molar-refractivity contribution >= 4 is 44.8 Å². The zero-order valence-electron chi connectivity index (χ0n) is 22.6. The first-order valence-corrected chi connectivity index (χ1v) is 14.6. The van der Waals surface area contributed by atoms with Crippen LogP contribution < -0.4 is 19.1 Å². The average Bonchev–Trinajstić information content (AvgIpc) is 3.48. The summed E-state index contributed by atoms with van der Waals surface area (Å²) in [5.74, 6) is 0.0289. The molecule has 0 atom stereocenters. The first-order valence-electron chi connectivity index (χ1n) is 12.8. The van der Waals surface area contributed by atoms with E-state index in [1.54, 1.807) is 43.3 Å². The number of likely N-dealkylation sites (tertiary alicyclic amines) is 1. The number of anilines is 2. The maximum absolute atomic E-state index is 13.9. The zero-order valence-corrected chi connectivity index (χ0v) is 24.2. The highest BCUT2D eigenvalue weighted by Gasteiger charge is 2.31. The van der Waals surface area contributed by atoms with Gasteiger partial charge in [0.05, 0.1) is 31.4 Å². The maximum atomic E-state index is 13.9. The van der Waals surface area contributed by atoms with Crippen molar-refractivity contribution in [2.24, 2.45) is 0 Å². The Morgan fingerprint density at radius 1 is 0.950 bits per heavy atom. The standard InChI is InChI=1S/C29H32ClN3O6S/c1-20-6-12-26(39-3)27(16-20)40(36,37)33(23-11-13-25(38-2)24(30)18-23)19-28(34)31-22-9-7-21(8-10-22)17-29(35)32-14-4-5-15-32/h6-13,16,18H,4-5,14-15,17,19H2,1-3H3,(H,31,34). The van der Waals surface area contributed by atoms with Gasteiger partial charge >= 0.3 is 0 Å². The Kier molecular flexibility index (Phi) is 9.21. The van der Waals surface area contributed by atoms with Crippen LogP contribution in [0.1, 0.15) is 24.0 Å². The van der Waals surface area contributed by atoms with Gasteiger partial charge < -0.3 is 19.7 Å². The van der Waals surface area contributed by atoms with Gasteiger partial charge in [-0.3, -0.25) is 13.9 Å². The lowest BCUT2D eigenvalue weighted by molar-refractivity contribution is -0.129. The molecule has 0 radical (unpaired) electrons. The summed E-state index contributed by atoms with van der Waals surface area (Å²) in [6.45, 7) is 2.82. The maximum Gasteiger partial charge on any atom is 0.268 e. The monoisotopic (exact) mass is 585 g/mol. The minimum Gasteiger partial charge on any atom is -0.495 e. The van der Waals surface area contributed by atoms with Crippen molar-refractivity contribution in [1.29, 1.82) is 0 Å². The van der Waals surface area contributed by atoms with E-state index in [1.165, 1.54) is 38.5 Å². The molecule has 1 fully saturated rings. The molecule has 1 saturated heterocycles. The van der Waals surface area contributed by atoms with E-state index in [1.807, 2.05) is 4.90 Å². The summed E-state index contributed by atoms with van der Waals surface area (Å²) in [7, 11) is -1.43. The smallest absolute Gasteiger partial charge is 0.268 e. The van der Waals surface area contributed by atoms with Crippen molar-refractivity contribution < 1.29 is 27.5 Å². The van der Waals surface area contributed by atoms with Gasteiger partial charge in [-0.05, 0) is 73.4 Å². The molecule has 1 aliphatic heterocycles. The number of amides is 2. The molecule has 11 heteroatoms. The SMILES string of the molecule is COc1ccc(N(CC(=O)Nc2ccc(CC(=O)N3CCCC3)cc2)S(=O)(=O)c2cc(C)ccc2OC)cc1Cl. The van der Waals surface area contributed by atoms with E-state index in [2.05, 4.69) is 5.32 Å². The number of hydrogen-bond acceptors (Lipinski definition) is 6. The molecule has 2 amide bonds. The van der Waals surface area contributed by atoms with Gasteiger partial charge in [0.2, 0.25) is 11.8 Å². The number of halogens is 1. The lowest BCUT2D eigenvalue weighted by Gasteiger charge is -2.25. The number of aryl methyl sites for hydroxylation is 1. The minimum atomic E-state index is -4.27. The predicted octanol–water partition coefficient (Wildman–Crippen LogP) is 4.66. The van der Waals surface area contributed by atoms with Gasteiger partial charge in [0.1, 0.15) is 22.9 Å². The topological polar surface area (TPSA) is 105 Å². The van der Waals surface area contributed by atoms with Crippen LogP contribution in [0, 0.1) is 6.92 Å². The molecule has 3 aromatic carbocycles. The minimum absolute atomic E-state index is 0.0817. The molecule has 9 nitrogen and oxygen atoms in total. The molecule has 0 aliphatic carbocycles. The molecule has 0 saturated carbocycles. The van der Waals surface area contributed by atoms with Crippen LogP contribution in [0.3, 0.4) is 0 Å². The van der Waals surface area contributed by atoms with Gasteiger partial charge in [-0.15, -0.1) is 0 Å². The lowest BCUT2D eigenvalue weighted by atomic mass is 10.1. The van der Waals surface area contributed by atoms with Crippen LogP contribution in [-0.4, -0.2) is 59.0 Å². The van der Waals surface area contributed by atoms with Gasteiger partial charge in [-0.2, -0.15) is 0 Å². The molecule has 1 N–H and O–H groups in total. The highest BCUT2D eigenvalue weighted by Crippen LogP contribution is 2.34. The van der Waals surface area contributed by atoms with Gasteiger partial charge in [-0.1, -0.05) is 29.8 Å². The second-order valence-corrected chi connectivity index (χ2v) is 11.7. The third-order valence-electron chi connectivity index (χ3n) is 6.65. The molecule has 0 spiro atoms. The van der Waals surface area contributed by atoms with Crippen molar-refractivity contribution in [2.75, 3.05) is 43.5 Å². The number of nitrogens with zero attached hydrogens (tertiary/aromatic N) is 2. The molecule has 212 valence electrons. The van der Waals surface area contributed by atoms with Crippen LogP contribution in [0.5, 0.6) is 11.5 Å². The summed E-state index contributed by atoms with van der Waals surface area (Å²) in [4.78, 5) is 27.4. The van der Waals surface area contributed by atoms with Crippen LogP contribution in [-0.2, 0) is 26.0 Å². The number of carbonyl (C=O) groups is 2. The van der Waals surface area contributed by atoms with Gasteiger partial charge in [0, 0.05) is 18.8 Å². The molecular weight excluding hydrogens is 554 g/mol. The first kappa shape index (κ1) is 29.2. The van der Waals surface area contributed by atoms with E-state index >= 15 is 0 Å². The Labute approximate surface area is 239 Å². The number of nitrogens with one attached hydrogen (secondary N) is 1. The number of ether oxygens (including phenoxy) is 2. The number of benzene rings is 3. The Morgan fingerprint density at radius 3 is 2.23 bits per heavy atom. The van der Waals surface area contributed by atoms with Crippen molar-refractivity contribution in [3.63, 3.8) is 0 Å². The first-order chi connectivity index (χ1) is 19.1. The fourth-order valence-corrected chi connectivity index (χ4v) is 6.43. The van der Waals surface area contributed by atoms with Gasteiger partial charge in [-0.25, -0.2) is 8.42 Å². The summed E-state index contributed by atoms with van der Waals surface area (Å²) >= 11 is 6.31. The van der Waals surface area contributed by atoms with Gasteiger partial charge in [0.25, 0.3) is 10.0 Å². The van der Waals surface area contributed by atoms with Crippen LogP contribution in [0.4, 0.5) is 11.4 Å². The summed E-state index contributed by atoms with van der Waals surface area (Å²) in [6, 6.07) is 16.2. The Morgan fingerprint density at radius 2 is 1.60 bits per heavy atom. The van der Waals surface area contributed by atoms with E-state index < -0.39 is 22.5 Å². The third-order valence-corrected chi connectivity index (χ3v) is 8.74. The largest absolute Gasteiger partial charge is 0.495 e. The molecule has 0 aromatic heterocycles. The Balaban J connectivity index is 1.57. The number of carbonyl (C=O) groups excluding carboxylic acids is 2. The highest BCUT2D eigenvalue weighted by atomic mass is 35.5. The molecular formula is C29H32ClN3O6S. The lowest BCUT2D eigenvalue weighted by Crippen LogP contribution is -2.38. The van der Waals surface area contributed by atoms with Crippen molar-refractivity contribution in [3.8, 4) is 11.5 Å². The second-order valence-electron chi connectivity index (χ2n) is 9.49. The third kappa shape index (κ3) is 6.68. The van der Waals surface area contributed by atoms with Crippen molar-refractivity contribution in [2.45, 2.75) is 31.1 Å². The molecule has 4 rings (SSSR count). The van der Waals surface area contributed by atoms with Crippen LogP contribution in [0.15, 0.2) is 65.6 Å². The quantitative estimate of drug-likeness (QED) is 0.371. The molecule has 40 heavy (non-hydrogen) atoms. The molecule has 0 unspecified atom stereocenters. The van der Waals surface area contributed by atoms with E-state index in [9.17, 15) is 18.0 Å². The summed E-state index contributed by atoms with van der Waals surface area (Å²) < 4.78 is 39.4. The number of methoxy groups -OCH3 is 2. The molecule has 1 heterocycles. The number of sulfonamides is 1. The number of hydrogen-bond donors (Lipinski definition) is 1. The van der Waals surface area contributed by atoms with E-state index in [0.29, 0.717) is 17.0 Å². The molecule has 1 aliphatic rings. The fraction of sp³-hybridized carbons (Fsp3) is 0.310. The summed E-state index contributed by atoms with van der Waals surface area (Å²) in [5.41, 5.74) is 2.19. The zero-order chi connectivity index (χ0) is 28.9. The summed E-state index contributed by atoms with van der Waals surface area (Å²) in [6.07, 6.45) is 2.35. The van der Waals surface area contributed by atoms with Crippen molar-refractivity contribution in [1.82, 2.24) is 4.90 Å². The number of rotatable bonds is 10. The van der Waals surface area contributed by atoms with E-state index in [0.717, 1.165) is 35.8 Å². The molecule has 0 bridgehead atoms. The van der Waals surface area contributed by atoms with E-state index in [4.69, 9.17) is 21.1 Å². The average molecular weight is 586 g/mol. The highest BCUT2D eigenvalue weighted by molar-refractivity contribution is 7.93. The summed E-state index contributed by atoms with van der Waals surface area (Å²) in [5, 5.41) is 2.94. The van der Waals surface area contributed by atoms with Crippen LogP contribution >= 0.6 is 11.6 Å². The predicted molar refractivity (Wildman–Crippen MR) is 155 cm³/mol. The second kappa shape index (κ2) is 12.6. The van der Waals surface area contributed by atoms with Crippen molar-refractivity contribution in [3.05, 3.63) is 76.8 Å². The Hall–Kier alpha value is -3.76. The normalized spacial score (nSPS) is 13.2. The van der Waals surface area contributed by atoms with Crippen LogP contribution in [0.25, 0.3) is 0 Å².